The topological polar surface area (TPSA) is 112 Å². The standard InChI is InChI=1S/C20H25N3O6/c1-26-20(25)23-18-6-2-5-17(22-18)8-7-16-4-3-9-21-19(16)29-15-14-28-13-12-27-11-10-24/h2-9,24H,10-15H2,1H3,(H,22,23,25)/b8-7+. The number of ether oxygens (including phenoxy) is 4. The van der Waals surface area contributed by atoms with Crippen molar-refractivity contribution in [1.29, 1.82) is 0 Å². The van der Waals surface area contributed by atoms with Gasteiger partial charge in [-0.3, -0.25) is 5.32 Å². The summed E-state index contributed by atoms with van der Waals surface area (Å²) in [6.45, 7) is 1.90. The maximum absolute atomic E-state index is 11.3. The molecule has 0 atom stereocenters. The number of carbonyl (C=O) groups excluding carboxylic acids is 1. The molecule has 9 heteroatoms. The maximum Gasteiger partial charge on any atom is 0.412 e. The van der Waals surface area contributed by atoms with Gasteiger partial charge in [-0.2, -0.15) is 0 Å². The van der Waals surface area contributed by atoms with Gasteiger partial charge in [-0.05, 0) is 36.4 Å². The van der Waals surface area contributed by atoms with Crippen molar-refractivity contribution in [1.82, 2.24) is 9.97 Å². The van der Waals surface area contributed by atoms with E-state index in [-0.39, 0.29) is 6.61 Å². The molecule has 0 radical (unpaired) electrons. The van der Waals surface area contributed by atoms with Crippen molar-refractivity contribution in [2.45, 2.75) is 0 Å². The Labute approximate surface area is 169 Å². The van der Waals surface area contributed by atoms with E-state index >= 15 is 0 Å². The zero-order valence-corrected chi connectivity index (χ0v) is 16.2. The zero-order chi connectivity index (χ0) is 20.7. The Morgan fingerprint density at radius 3 is 2.66 bits per heavy atom. The van der Waals surface area contributed by atoms with Gasteiger partial charge in [0.2, 0.25) is 5.88 Å². The molecule has 0 bridgehead atoms. The van der Waals surface area contributed by atoms with Crippen molar-refractivity contribution in [3.05, 3.63) is 47.8 Å². The molecule has 9 nitrogen and oxygen atoms in total. The third kappa shape index (κ3) is 8.69. The van der Waals surface area contributed by atoms with Gasteiger partial charge in [0, 0.05) is 11.8 Å². The fourth-order valence-electron chi connectivity index (χ4n) is 2.18. The highest BCUT2D eigenvalue weighted by molar-refractivity contribution is 5.83. The fourth-order valence-corrected chi connectivity index (χ4v) is 2.18. The summed E-state index contributed by atoms with van der Waals surface area (Å²) in [5, 5.41) is 11.1. The van der Waals surface area contributed by atoms with E-state index in [1.807, 2.05) is 24.3 Å². The van der Waals surface area contributed by atoms with E-state index in [9.17, 15) is 4.79 Å². The highest BCUT2D eigenvalue weighted by Crippen LogP contribution is 2.18. The number of aliphatic hydroxyl groups is 1. The van der Waals surface area contributed by atoms with Crippen LogP contribution in [0.4, 0.5) is 10.6 Å². The number of aliphatic hydroxyl groups excluding tert-OH is 1. The molecule has 0 aliphatic heterocycles. The van der Waals surface area contributed by atoms with Crippen molar-refractivity contribution in [3.63, 3.8) is 0 Å². The van der Waals surface area contributed by atoms with Crippen LogP contribution in [0.25, 0.3) is 12.2 Å². The molecule has 2 aromatic rings. The molecular formula is C20H25N3O6. The van der Waals surface area contributed by atoms with Crippen LogP contribution in [0.2, 0.25) is 0 Å². The van der Waals surface area contributed by atoms with Gasteiger partial charge in [-0.25, -0.2) is 14.8 Å². The molecule has 0 fully saturated rings. The molecule has 1 amide bonds. The molecule has 0 aliphatic rings. The number of methoxy groups -OCH3 is 1. The number of amides is 1. The highest BCUT2D eigenvalue weighted by Gasteiger charge is 2.04. The number of aromatic nitrogens is 2. The van der Waals surface area contributed by atoms with Crippen LogP contribution in [0, 0.1) is 0 Å². The molecule has 2 aromatic heterocycles. The molecule has 0 saturated carbocycles. The van der Waals surface area contributed by atoms with Gasteiger partial charge in [0.25, 0.3) is 0 Å². The summed E-state index contributed by atoms with van der Waals surface area (Å²) in [7, 11) is 1.29. The summed E-state index contributed by atoms with van der Waals surface area (Å²) in [4.78, 5) is 19.8. The Kier molecular flexibility index (Phi) is 10.2. The molecule has 29 heavy (non-hydrogen) atoms. The van der Waals surface area contributed by atoms with Gasteiger partial charge in [-0.1, -0.05) is 6.07 Å². The van der Waals surface area contributed by atoms with E-state index in [0.717, 1.165) is 5.56 Å². The van der Waals surface area contributed by atoms with Crippen molar-refractivity contribution in [3.8, 4) is 5.88 Å². The largest absolute Gasteiger partial charge is 0.475 e. The van der Waals surface area contributed by atoms with Crippen LogP contribution in [-0.4, -0.2) is 67.9 Å². The lowest BCUT2D eigenvalue weighted by Crippen LogP contribution is -2.12. The normalized spacial score (nSPS) is 10.8. The van der Waals surface area contributed by atoms with E-state index in [2.05, 4.69) is 20.0 Å². The first kappa shape index (κ1) is 22.3. The van der Waals surface area contributed by atoms with Crippen LogP contribution < -0.4 is 10.1 Å². The average Bonchev–Trinajstić information content (AvgIpc) is 2.75. The minimum Gasteiger partial charge on any atom is -0.475 e. The minimum absolute atomic E-state index is 0.000683. The molecule has 2 N–H and O–H groups in total. The average molecular weight is 403 g/mol. The number of hydrogen-bond acceptors (Lipinski definition) is 8. The molecule has 156 valence electrons. The second-order valence-electron chi connectivity index (χ2n) is 5.59. The fraction of sp³-hybridized carbons (Fsp3) is 0.350. The zero-order valence-electron chi connectivity index (χ0n) is 16.2. The van der Waals surface area contributed by atoms with Crippen molar-refractivity contribution < 1.29 is 28.8 Å². The van der Waals surface area contributed by atoms with Gasteiger partial charge in [0.15, 0.2) is 0 Å². The molecule has 0 aromatic carbocycles. The van der Waals surface area contributed by atoms with E-state index in [1.54, 1.807) is 24.4 Å². The molecular weight excluding hydrogens is 378 g/mol. The Morgan fingerprint density at radius 2 is 1.86 bits per heavy atom. The minimum atomic E-state index is -0.580. The van der Waals surface area contributed by atoms with Crippen LogP contribution in [-0.2, 0) is 14.2 Å². The molecule has 0 unspecified atom stereocenters. The van der Waals surface area contributed by atoms with E-state index in [0.29, 0.717) is 50.4 Å². The Morgan fingerprint density at radius 1 is 1.07 bits per heavy atom. The molecule has 2 rings (SSSR count). The maximum atomic E-state index is 11.3. The Bertz CT molecular complexity index is 784. The predicted octanol–water partition coefficient (Wildman–Crippen LogP) is 2.23. The first-order valence-electron chi connectivity index (χ1n) is 9.07. The van der Waals surface area contributed by atoms with Crippen LogP contribution >= 0.6 is 0 Å². The number of hydrogen-bond donors (Lipinski definition) is 2. The lowest BCUT2D eigenvalue weighted by Gasteiger charge is -2.09. The number of anilines is 1. The first-order valence-corrected chi connectivity index (χ1v) is 9.07. The smallest absolute Gasteiger partial charge is 0.412 e. The van der Waals surface area contributed by atoms with E-state index < -0.39 is 6.09 Å². The highest BCUT2D eigenvalue weighted by atomic mass is 16.5. The summed E-state index contributed by atoms with van der Waals surface area (Å²) >= 11 is 0. The van der Waals surface area contributed by atoms with Gasteiger partial charge >= 0.3 is 6.09 Å². The lowest BCUT2D eigenvalue weighted by atomic mass is 10.2. The number of carbonyl (C=O) groups is 1. The Balaban J connectivity index is 1.87. The molecule has 0 spiro atoms. The number of nitrogens with zero attached hydrogens (tertiary/aromatic N) is 2. The lowest BCUT2D eigenvalue weighted by molar-refractivity contribution is 0.0243. The molecule has 0 aliphatic carbocycles. The summed E-state index contributed by atoms with van der Waals surface area (Å²) < 4.78 is 20.7. The van der Waals surface area contributed by atoms with Crippen LogP contribution in [0.3, 0.4) is 0 Å². The summed E-state index contributed by atoms with van der Waals surface area (Å²) in [5.41, 5.74) is 1.44. The van der Waals surface area contributed by atoms with Gasteiger partial charge in [0.05, 0.1) is 45.8 Å². The third-order valence-electron chi connectivity index (χ3n) is 3.49. The van der Waals surface area contributed by atoms with Crippen LogP contribution in [0.15, 0.2) is 36.5 Å². The first-order chi connectivity index (χ1) is 14.2. The van der Waals surface area contributed by atoms with Crippen LogP contribution in [0.5, 0.6) is 5.88 Å². The second kappa shape index (κ2) is 13.2. The molecule has 0 saturated heterocycles. The van der Waals surface area contributed by atoms with Crippen molar-refractivity contribution in [2.75, 3.05) is 52.1 Å². The van der Waals surface area contributed by atoms with Gasteiger partial charge in [0.1, 0.15) is 12.4 Å². The van der Waals surface area contributed by atoms with Crippen molar-refractivity contribution in [2.24, 2.45) is 0 Å². The van der Waals surface area contributed by atoms with Crippen molar-refractivity contribution >= 4 is 24.1 Å². The second-order valence-corrected chi connectivity index (χ2v) is 5.59. The SMILES string of the molecule is COC(=O)Nc1cccc(/C=C/c2cccnc2OCCOCCOCCO)n1. The van der Waals surface area contributed by atoms with Gasteiger partial charge in [-0.15, -0.1) is 0 Å². The van der Waals surface area contributed by atoms with Crippen LogP contribution in [0.1, 0.15) is 11.3 Å². The number of nitrogens with one attached hydrogen (secondary N) is 1. The third-order valence-corrected chi connectivity index (χ3v) is 3.49. The summed E-state index contributed by atoms with van der Waals surface area (Å²) in [6.07, 6.45) is 4.69. The van der Waals surface area contributed by atoms with E-state index in [4.69, 9.17) is 19.3 Å². The predicted molar refractivity (Wildman–Crippen MR) is 108 cm³/mol. The number of rotatable bonds is 12. The Hall–Kier alpha value is -3.01. The number of pyridine rings is 2. The van der Waals surface area contributed by atoms with Gasteiger partial charge < -0.3 is 24.1 Å². The quantitative estimate of drug-likeness (QED) is 0.519. The molecule has 2 heterocycles. The summed E-state index contributed by atoms with van der Waals surface area (Å²) in [5.74, 6) is 0.870. The van der Waals surface area contributed by atoms with E-state index in [1.165, 1.54) is 7.11 Å². The summed E-state index contributed by atoms with van der Waals surface area (Å²) in [6, 6.07) is 8.94. The monoisotopic (exact) mass is 403 g/mol.